The van der Waals surface area contributed by atoms with Gasteiger partial charge in [-0.15, -0.1) is 4.72 Å². The highest BCUT2D eigenvalue weighted by atomic mass is 79.9. The number of benzene rings is 1. The zero-order valence-electron chi connectivity index (χ0n) is 19.4. The normalized spacial score (nSPS) is 24.6. The van der Waals surface area contributed by atoms with E-state index in [2.05, 4.69) is 62.6 Å². The standard InChI is InChI=1S/C24H29BrN4O3S/c1-5-32-22(30)18-21(26-14(2)20(25)27-18)29-11-9-24(10-12-29)13-15-7-6-8-16-17(15)19(24)28-33(31)23(16,3)4/h6-8,19,28H,5,9-13H2,1-4H3/t19-,33-/m1/s1. The largest absolute Gasteiger partial charge is 0.597 e. The Labute approximate surface area is 206 Å². The average molecular weight is 533 g/mol. The van der Waals surface area contributed by atoms with Crippen molar-refractivity contribution in [1.82, 2.24) is 14.7 Å². The van der Waals surface area contributed by atoms with Crippen molar-refractivity contribution >= 4 is 39.1 Å². The second-order valence-electron chi connectivity index (χ2n) is 9.73. The van der Waals surface area contributed by atoms with E-state index in [9.17, 15) is 9.35 Å². The highest BCUT2D eigenvalue weighted by Gasteiger charge is 2.56. The van der Waals surface area contributed by atoms with E-state index in [-0.39, 0.29) is 23.8 Å². The number of nitrogens with one attached hydrogen (secondary N) is 1. The molecular formula is C24H29BrN4O3S. The SMILES string of the molecule is CCOC(=O)c1nc(Br)c(C)nc1N1CCC2(CC1)Cc1cccc3c1[C@H]2N[S@+]([O-])C3(C)C. The minimum Gasteiger partial charge on any atom is -0.597 e. The average Bonchev–Trinajstić information content (AvgIpc) is 3.08. The molecule has 0 saturated carbocycles. The van der Waals surface area contributed by atoms with E-state index in [0.29, 0.717) is 10.4 Å². The van der Waals surface area contributed by atoms with Gasteiger partial charge in [0, 0.05) is 35.4 Å². The number of halogens is 1. The van der Waals surface area contributed by atoms with Crippen LogP contribution in [0, 0.1) is 12.3 Å². The van der Waals surface area contributed by atoms with Crippen LogP contribution in [0.3, 0.4) is 0 Å². The molecule has 0 amide bonds. The number of ether oxygens (including phenoxy) is 1. The van der Waals surface area contributed by atoms with Crippen molar-refractivity contribution < 1.29 is 14.1 Å². The number of anilines is 1. The fraction of sp³-hybridized carbons (Fsp3) is 0.542. The molecule has 176 valence electrons. The molecule has 0 radical (unpaired) electrons. The molecule has 0 bridgehead atoms. The van der Waals surface area contributed by atoms with Crippen molar-refractivity contribution in [3.63, 3.8) is 0 Å². The number of fused-ring (bicyclic) bond motifs is 1. The van der Waals surface area contributed by atoms with Gasteiger partial charge in [-0.25, -0.2) is 14.8 Å². The summed E-state index contributed by atoms with van der Waals surface area (Å²) in [7, 11) is 0. The zero-order chi connectivity index (χ0) is 23.5. The molecule has 3 aliphatic rings. The smallest absolute Gasteiger partial charge is 0.360 e. The minimum atomic E-state index is -1.15. The van der Waals surface area contributed by atoms with Crippen LogP contribution in [-0.2, 0) is 27.3 Å². The molecule has 1 aliphatic carbocycles. The van der Waals surface area contributed by atoms with Crippen LogP contribution in [0.1, 0.15) is 72.5 Å². The summed E-state index contributed by atoms with van der Waals surface area (Å²) in [5, 5.41) is 0. The summed E-state index contributed by atoms with van der Waals surface area (Å²) in [5.74, 6) is 0.131. The Hall–Kier alpha value is -1.68. The summed E-state index contributed by atoms with van der Waals surface area (Å²) < 4.78 is 22.0. The molecule has 3 heterocycles. The van der Waals surface area contributed by atoms with Gasteiger partial charge in [0.25, 0.3) is 0 Å². The lowest BCUT2D eigenvalue weighted by molar-refractivity contribution is 0.0519. The van der Waals surface area contributed by atoms with E-state index in [0.717, 1.165) is 38.0 Å². The number of rotatable bonds is 3. The maximum Gasteiger partial charge on any atom is 0.360 e. The lowest BCUT2D eigenvalue weighted by Crippen LogP contribution is -2.53. The number of hydrogen-bond donors (Lipinski definition) is 1. The second-order valence-corrected chi connectivity index (χ2v) is 12.3. The molecule has 2 atom stereocenters. The third-order valence-electron chi connectivity index (χ3n) is 7.50. The van der Waals surface area contributed by atoms with Crippen molar-refractivity contribution in [3.8, 4) is 0 Å². The lowest BCUT2D eigenvalue weighted by Gasteiger charge is -2.46. The molecule has 1 aromatic carbocycles. The number of esters is 1. The van der Waals surface area contributed by atoms with Crippen LogP contribution in [0.5, 0.6) is 0 Å². The van der Waals surface area contributed by atoms with E-state index in [1.54, 1.807) is 6.92 Å². The number of piperidine rings is 1. The van der Waals surface area contributed by atoms with E-state index in [4.69, 9.17) is 9.72 Å². The van der Waals surface area contributed by atoms with Crippen LogP contribution < -0.4 is 9.62 Å². The van der Waals surface area contributed by atoms with E-state index in [1.165, 1.54) is 16.7 Å². The van der Waals surface area contributed by atoms with Gasteiger partial charge >= 0.3 is 5.97 Å². The summed E-state index contributed by atoms with van der Waals surface area (Å²) >= 11 is 2.25. The van der Waals surface area contributed by atoms with Crippen LogP contribution in [-0.4, -0.2) is 40.2 Å². The Morgan fingerprint density at radius 1 is 1.33 bits per heavy atom. The molecule has 5 rings (SSSR count). The van der Waals surface area contributed by atoms with Crippen LogP contribution in [0.4, 0.5) is 5.82 Å². The van der Waals surface area contributed by atoms with Gasteiger partial charge in [0.15, 0.2) is 16.3 Å². The van der Waals surface area contributed by atoms with Crippen molar-refractivity contribution in [1.29, 1.82) is 0 Å². The molecule has 1 fully saturated rings. The summed E-state index contributed by atoms with van der Waals surface area (Å²) in [4.78, 5) is 23.9. The fourth-order valence-corrected chi connectivity index (χ4v) is 7.15. The van der Waals surface area contributed by atoms with Crippen LogP contribution in [0.2, 0.25) is 0 Å². The lowest BCUT2D eigenvalue weighted by atomic mass is 9.72. The quantitative estimate of drug-likeness (QED) is 0.469. The fourth-order valence-electron chi connectivity index (χ4n) is 5.63. The van der Waals surface area contributed by atoms with Crippen molar-refractivity contribution in [2.24, 2.45) is 5.41 Å². The second kappa shape index (κ2) is 8.22. The van der Waals surface area contributed by atoms with Crippen molar-refractivity contribution in [2.75, 3.05) is 24.6 Å². The van der Waals surface area contributed by atoms with Crippen LogP contribution >= 0.6 is 15.9 Å². The van der Waals surface area contributed by atoms with Gasteiger partial charge in [-0.1, -0.05) is 18.2 Å². The molecular weight excluding hydrogens is 504 g/mol. The topological polar surface area (TPSA) is 90.4 Å². The predicted octanol–water partition coefficient (Wildman–Crippen LogP) is 4.11. The molecule has 1 N–H and O–H groups in total. The Morgan fingerprint density at radius 3 is 2.76 bits per heavy atom. The first kappa shape index (κ1) is 23.1. The maximum absolute atomic E-state index is 13.1. The number of nitrogens with zero attached hydrogens (tertiary/aromatic N) is 3. The summed E-state index contributed by atoms with van der Waals surface area (Å²) in [6.07, 6.45) is 2.80. The Balaban J connectivity index is 1.44. The molecule has 2 aromatic rings. The molecule has 9 heteroatoms. The molecule has 2 aliphatic heterocycles. The molecule has 1 saturated heterocycles. The van der Waals surface area contributed by atoms with Crippen molar-refractivity contribution in [3.05, 3.63) is 50.9 Å². The van der Waals surface area contributed by atoms with Gasteiger partial charge in [0.1, 0.15) is 4.60 Å². The van der Waals surface area contributed by atoms with Crippen LogP contribution in [0.25, 0.3) is 0 Å². The third-order valence-corrected chi connectivity index (χ3v) is 9.85. The van der Waals surface area contributed by atoms with Gasteiger partial charge in [-0.2, -0.15) is 0 Å². The molecule has 1 aromatic heterocycles. The molecule has 0 unspecified atom stereocenters. The minimum absolute atomic E-state index is 0.00300. The molecule has 7 nitrogen and oxygen atoms in total. The zero-order valence-corrected chi connectivity index (χ0v) is 21.8. The Kier molecular flexibility index (Phi) is 5.75. The highest BCUT2D eigenvalue weighted by molar-refractivity contribution is 9.10. The van der Waals surface area contributed by atoms with Gasteiger partial charge < -0.3 is 14.2 Å². The summed E-state index contributed by atoms with van der Waals surface area (Å²) in [5.41, 5.74) is 4.92. The first-order valence-electron chi connectivity index (χ1n) is 11.4. The molecule has 33 heavy (non-hydrogen) atoms. The van der Waals surface area contributed by atoms with Gasteiger partial charge in [0.05, 0.1) is 18.3 Å². The Bertz CT molecular complexity index is 1120. The van der Waals surface area contributed by atoms with E-state index in [1.807, 2.05) is 6.92 Å². The highest BCUT2D eigenvalue weighted by Crippen LogP contribution is 2.57. The summed E-state index contributed by atoms with van der Waals surface area (Å²) in [6.45, 7) is 9.56. The van der Waals surface area contributed by atoms with Crippen LogP contribution in [0.15, 0.2) is 22.8 Å². The maximum atomic E-state index is 13.1. The van der Waals surface area contributed by atoms with E-state index >= 15 is 0 Å². The number of aryl methyl sites for hydroxylation is 1. The predicted molar refractivity (Wildman–Crippen MR) is 131 cm³/mol. The number of carbonyl (C=O) groups excluding carboxylic acids is 1. The first-order chi connectivity index (χ1) is 15.7. The summed E-state index contributed by atoms with van der Waals surface area (Å²) in [6, 6.07) is 6.56. The monoisotopic (exact) mass is 532 g/mol. The number of carbonyl (C=O) groups is 1. The number of hydrogen-bond acceptors (Lipinski definition) is 7. The van der Waals surface area contributed by atoms with Gasteiger partial charge in [-0.05, 0) is 74.0 Å². The first-order valence-corrected chi connectivity index (χ1v) is 13.4. The van der Waals surface area contributed by atoms with Gasteiger partial charge in [-0.3, -0.25) is 0 Å². The van der Waals surface area contributed by atoms with E-state index < -0.39 is 22.1 Å². The van der Waals surface area contributed by atoms with Crippen molar-refractivity contribution in [2.45, 2.75) is 57.7 Å². The Morgan fingerprint density at radius 2 is 2.06 bits per heavy atom. The third kappa shape index (κ3) is 3.59. The molecule has 1 spiro atoms. The number of aromatic nitrogens is 2. The van der Waals surface area contributed by atoms with Gasteiger partial charge in [0.2, 0.25) is 0 Å².